The van der Waals surface area contributed by atoms with Crippen molar-refractivity contribution in [2.45, 2.75) is 44.7 Å². The summed E-state index contributed by atoms with van der Waals surface area (Å²) in [5.41, 5.74) is 2.83. The number of hydrogen-bond donors (Lipinski definition) is 2. The molecule has 1 aromatic carbocycles. The fourth-order valence-electron chi connectivity index (χ4n) is 4.47. The lowest BCUT2D eigenvalue weighted by atomic mass is 9.91. The maximum atomic E-state index is 15.1. The second-order valence-electron chi connectivity index (χ2n) is 8.24. The van der Waals surface area contributed by atoms with Gasteiger partial charge in [0.2, 0.25) is 17.7 Å². The van der Waals surface area contributed by atoms with E-state index in [9.17, 15) is 4.79 Å². The third-order valence-electron chi connectivity index (χ3n) is 5.97. The molecule has 2 N–H and O–H groups in total. The van der Waals surface area contributed by atoms with Crippen molar-refractivity contribution in [3.05, 3.63) is 42.6 Å². The Labute approximate surface area is 189 Å². The summed E-state index contributed by atoms with van der Waals surface area (Å²) in [5, 5.41) is 10.8. The van der Waals surface area contributed by atoms with Gasteiger partial charge in [-0.3, -0.25) is 14.8 Å². The van der Waals surface area contributed by atoms with Gasteiger partial charge in [-0.15, -0.1) is 5.10 Å². The van der Waals surface area contributed by atoms with Gasteiger partial charge in [0.25, 0.3) is 0 Å². The van der Waals surface area contributed by atoms with Crippen molar-refractivity contribution in [2.24, 2.45) is 0 Å². The Hall–Kier alpha value is -3.82. The van der Waals surface area contributed by atoms with Crippen LogP contribution in [0.15, 0.2) is 36.8 Å². The highest BCUT2D eigenvalue weighted by molar-refractivity contribution is 5.89. The minimum Gasteiger partial charge on any atom is -0.479 e. The van der Waals surface area contributed by atoms with Gasteiger partial charge < -0.3 is 15.4 Å². The van der Waals surface area contributed by atoms with Gasteiger partial charge >= 0.3 is 0 Å². The van der Waals surface area contributed by atoms with Crippen molar-refractivity contribution >= 4 is 28.4 Å². The van der Waals surface area contributed by atoms with Gasteiger partial charge in [0, 0.05) is 31.4 Å². The second kappa shape index (κ2) is 8.61. The third-order valence-corrected chi connectivity index (χ3v) is 5.97. The Balaban J connectivity index is 1.45. The van der Waals surface area contributed by atoms with Gasteiger partial charge in [0.15, 0.2) is 5.82 Å². The minimum atomic E-state index is -0.432. The predicted molar refractivity (Wildman–Crippen MR) is 122 cm³/mol. The van der Waals surface area contributed by atoms with Crippen molar-refractivity contribution in [3.63, 3.8) is 0 Å². The average molecular weight is 449 g/mol. The number of hydrogen-bond acceptors (Lipinski definition) is 7. The molecule has 170 valence electrons. The van der Waals surface area contributed by atoms with Gasteiger partial charge in [-0.2, -0.15) is 4.98 Å². The van der Waals surface area contributed by atoms with Gasteiger partial charge in [-0.05, 0) is 43.4 Å². The molecule has 1 saturated carbocycles. The fourth-order valence-corrected chi connectivity index (χ4v) is 4.47. The Morgan fingerprint density at radius 1 is 1.12 bits per heavy atom. The highest BCUT2D eigenvalue weighted by Crippen LogP contribution is 2.35. The van der Waals surface area contributed by atoms with E-state index in [1.165, 1.54) is 24.7 Å². The summed E-state index contributed by atoms with van der Waals surface area (Å²) in [6, 6.07) is 5.76. The van der Waals surface area contributed by atoms with Crippen molar-refractivity contribution in [1.82, 2.24) is 29.9 Å². The standard InChI is InChI=1S/C23H24FN7O2/c1-13(32)27-15-4-6-16(7-5-15)28-23-29-22(33-2)21-20(17(24)12-31(21)30-23)14-3-8-18-19(11-14)26-10-9-25-18/h3,8-12,15-16H,4-7H2,1-2H3,(H,27,32)(H,28,30)/t15-,16+. The zero-order chi connectivity index (χ0) is 22.9. The summed E-state index contributed by atoms with van der Waals surface area (Å²) in [4.78, 5) is 24.4. The maximum absolute atomic E-state index is 15.1. The summed E-state index contributed by atoms with van der Waals surface area (Å²) in [6.45, 7) is 1.54. The van der Waals surface area contributed by atoms with Crippen LogP contribution in [0.25, 0.3) is 27.7 Å². The molecule has 0 atom stereocenters. The van der Waals surface area contributed by atoms with Gasteiger partial charge in [-0.25, -0.2) is 8.91 Å². The summed E-state index contributed by atoms with van der Waals surface area (Å²) in [5.74, 6) is 0.207. The highest BCUT2D eigenvalue weighted by atomic mass is 19.1. The number of fused-ring (bicyclic) bond motifs is 2. The van der Waals surface area contributed by atoms with E-state index in [1.54, 1.807) is 30.6 Å². The van der Waals surface area contributed by atoms with Crippen molar-refractivity contribution in [1.29, 1.82) is 0 Å². The Bertz CT molecular complexity index is 1330. The van der Waals surface area contributed by atoms with Crippen molar-refractivity contribution < 1.29 is 13.9 Å². The molecule has 0 saturated heterocycles. The number of rotatable bonds is 5. The first kappa shape index (κ1) is 21.0. The smallest absolute Gasteiger partial charge is 0.244 e. The van der Waals surface area contributed by atoms with Crippen LogP contribution >= 0.6 is 0 Å². The van der Waals surface area contributed by atoms with Gasteiger partial charge in [0.1, 0.15) is 5.52 Å². The van der Waals surface area contributed by atoms with Crippen LogP contribution in [0.4, 0.5) is 10.3 Å². The topological polar surface area (TPSA) is 106 Å². The number of carbonyl (C=O) groups excluding carboxylic acids is 1. The number of amides is 1. The van der Waals surface area contributed by atoms with E-state index in [-0.39, 0.29) is 23.9 Å². The highest BCUT2D eigenvalue weighted by Gasteiger charge is 2.24. The van der Waals surface area contributed by atoms with Gasteiger partial charge in [-0.1, -0.05) is 6.07 Å². The molecule has 0 unspecified atom stereocenters. The molecule has 3 heterocycles. The molecule has 33 heavy (non-hydrogen) atoms. The van der Waals surface area contributed by atoms with Crippen LogP contribution in [-0.4, -0.2) is 49.7 Å². The lowest BCUT2D eigenvalue weighted by Gasteiger charge is -2.29. The molecule has 1 amide bonds. The molecule has 0 bridgehead atoms. The number of halogens is 1. The van der Waals surface area contributed by atoms with E-state index in [0.29, 0.717) is 28.1 Å². The molecular formula is C23H24FN7O2. The normalized spacial score (nSPS) is 18.4. The average Bonchev–Trinajstić information content (AvgIpc) is 3.14. The number of anilines is 1. The number of benzene rings is 1. The van der Waals surface area contributed by atoms with E-state index in [0.717, 1.165) is 31.2 Å². The number of nitrogens with zero attached hydrogens (tertiary/aromatic N) is 5. The van der Waals surface area contributed by atoms with Crippen LogP contribution in [0.3, 0.4) is 0 Å². The molecule has 4 aromatic rings. The lowest BCUT2D eigenvalue weighted by Crippen LogP contribution is -2.39. The number of carbonyl (C=O) groups is 1. The monoisotopic (exact) mass is 449 g/mol. The molecule has 1 aliphatic carbocycles. The maximum Gasteiger partial charge on any atom is 0.244 e. The predicted octanol–water partition coefficient (Wildman–Crippen LogP) is 3.35. The quantitative estimate of drug-likeness (QED) is 0.481. The van der Waals surface area contributed by atoms with E-state index in [4.69, 9.17) is 4.74 Å². The minimum absolute atomic E-state index is 0.00572. The Morgan fingerprint density at radius 2 is 1.85 bits per heavy atom. The summed E-state index contributed by atoms with van der Waals surface area (Å²) >= 11 is 0. The molecule has 0 spiro atoms. The van der Waals surface area contributed by atoms with E-state index < -0.39 is 5.82 Å². The first-order chi connectivity index (χ1) is 16.0. The van der Waals surface area contributed by atoms with Crippen LogP contribution in [0.5, 0.6) is 5.88 Å². The Morgan fingerprint density at radius 3 is 2.58 bits per heavy atom. The second-order valence-corrected chi connectivity index (χ2v) is 8.24. The number of ether oxygens (including phenoxy) is 1. The van der Waals surface area contributed by atoms with Crippen molar-refractivity contribution in [3.8, 4) is 17.0 Å². The van der Waals surface area contributed by atoms with Crippen LogP contribution in [0, 0.1) is 5.82 Å². The van der Waals surface area contributed by atoms with Crippen LogP contribution in [0.1, 0.15) is 32.6 Å². The van der Waals surface area contributed by atoms with Crippen LogP contribution < -0.4 is 15.4 Å². The molecule has 0 radical (unpaired) electrons. The van der Waals surface area contributed by atoms with E-state index in [1.807, 2.05) is 0 Å². The molecule has 1 aliphatic rings. The first-order valence-electron chi connectivity index (χ1n) is 10.9. The fraction of sp³-hybridized carbons (Fsp3) is 0.348. The third kappa shape index (κ3) is 4.15. The number of methoxy groups -OCH3 is 1. The SMILES string of the molecule is COc1nc(N[C@H]2CC[C@@H](NC(C)=O)CC2)nn2cc(F)c(-c3ccc4nccnc4c3)c12. The van der Waals surface area contributed by atoms with Crippen molar-refractivity contribution in [2.75, 3.05) is 12.4 Å². The zero-order valence-electron chi connectivity index (χ0n) is 18.4. The van der Waals surface area contributed by atoms with E-state index in [2.05, 4.69) is 30.7 Å². The molecule has 3 aromatic heterocycles. The summed E-state index contributed by atoms with van der Waals surface area (Å²) in [6.07, 6.45) is 8.05. The first-order valence-corrected chi connectivity index (χ1v) is 10.9. The lowest BCUT2D eigenvalue weighted by molar-refractivity contribution is -0.119. The molecular weight excluding hydrogens is 425 g/mol. The summed E-state index contributed by atoms with van der Waals surface area (Å²) in [7, 11) is 1.51. The summed E-state index contributed by atoms with van der Waals surface area (Å²) < 4.78 is 22.1. The number of aromatic nitrogens is 5. The van der Waals surface area contributed by atoms with Gasteiger partial charge in [0.05, 0.1) is 29.9 Å². The van der Waals surface area contributed by atoms with Crippen LogP contribution in [-0.2, 0) is 4.79 Å². The zero-order valence-corrected chi connectivity index (χ0v) is 18.4. The van der Waals surface area contributed by atoms with Crippen LogP contribution in [0.2, 0.25) is 0 Å². The molecule has 10 heteroatoms. The molecule has 0 aliphatic heterocycles. The van der Waals surface area contributed by atoms with E-state index >= 15 is 4.39 Å². The number of nitrogens with one attached hydrogen (secondary N) is 2. The molecule has 1 fully saturated rings. The largest absolute Gasteiger partial charge is 0.479 e. The molecule has 5 rings (SSSR count). The molecule has 9 nitrogen and oxygen atoms in total. The Kier molecular flexibility index (Phi) is 5.49.